The number of rotatable bonds is 4. The summed E-state index contributed by atoms with van der Waals surface area (Å²) in [6.07, 6.45) is 1.69. The molecule has 3 rings (SSSR count). The van der Waals surface area contributed by atoms with Crippen LogP contribution in [-0.2, 0) is 10.0 Å². The maximum Gasteiger partial charge on any atom is 0.255 e. The van der Waals surface area contributed by atoms with Gasteiger partial charge in [-0.3, -0.25) is 4.79 Å². The zero-order chi connectivity index (χ0) is 18.0. The number of sulfonamides is 1. The summed E-state index contributed by atoms with van der Waals surface area (Å²) in [6, 6.07) is 10.0. The molecule has 1 amide bonds. The van der Waals surface area contributed by atoms with E-state index in [-0.39, 0.29) is 10.5 Å². The molecule has 1 saturated heterocycles. The summed E-state index contributed by atoms with van der Waals surface area (Å²) < 4.78 is 40.0. The quantitative estimate of drug-likeness (QED) is 0.908. The molecule has 0 aliphatic carbocycles. The number of aryl methyl sites for hydroxylation is 1. The second-order valence-corrected chi connectivity index (χ2v) is 7.99. The number of halogens is 1. The van der Waals surface area contributed by atoms with Gasteiger partial charge in [-0.05, 0) is 55.7 Å². The van der Waals surface area contributed by atoms with Crippen molar-refractivity contribution in [3.8, 4) is 0 Å². The Hall–Kier alpha value is -2.25. The van der Waals surface area contributed by atoms with E-state index in [2.05, 4.69) is 5.32 Å². The van der Waals surface area contributed by atoms with E-state index in [9.17, 15) is 17.6 Å². The van der Waals surface area contributed by atoms with Gasteiger partial charge in [0.25, 0.3) is 5.91 Å². The van der Waals surface area contributed by atoms with Crippen molar-refractivity contribution in [2.45, 2.75) is 24.7 Å². The zero-order valence-electron chi connectivity index (χ0n) is 13.8. The zero-order valence-corrected chi connectivity index (χ0v) is 14.6. The highest BCUT2D eigenvalue weighted by Crippen LogP contribution is 2.22. The first-order valence-electron chi connectivity index (χ1n) is 8.05. The summed E-state index contributed by atoms with van der Waals surface area (Å²) in [5.74, 6) is -0.932. The van der Waals surface area contributed by atoms with E-state index in [0.29, 0.717) is 18.8 Å². The largest absolute Gasteiger partial charge is 0.322 e. The molecule has 0 atom stereocenters. The number of anilines is 1. The molecular weight excluding hydrogens is 343 g/mol. The lowest BCUT2D eigenvalue weighted by atomic mass is 10.1. The van der Waals surface area contributed by atoms with Crippen molar-refractivity contribution in [1.82, 2.24) is 4.31 Å². The van der Waals surface area contributed by atoms with Gasteiger partial charge in [-0.25, -0.2) is 12.8 Å². The fraction of sp³-hybridized carbons (Fsp3) is 0.278. The Balaban J connectivity index is 1.86. The van der Waals surface area contributed by atoms with Gasteiger partial charge in [0, 0.05) is 24.3 Å². The van der Waals surface area contributed by atoms with Gasteiger partial charge >= 0.3 is 0 Å². The Morgan fingerprint density at radius 2 is 1.84 bits per heavy atom. The third-order valence-corrected chi connectivity index (χ3v) is 6.14. The number of benzene rings is 2. The van der Waals surface area contributed by atoms with E-state index >= 15 is 0 Å². The number of nitrogens with one attached hydrogen (secondary N) is 1. The number of hydrogen-bond donors (Lipinski definition) is 1. The van der Waals surface area contributed by atoms with Crippen molar-refractivity contribution >= 4 is 21.6 Å². The van der Waals surface area contributed by atoms with Crippen molar-refractivity contribution in [1.29, 1.82) is 0 Å². The molecule has 25 heavy (non-hydrogen) atoms. The molecule has 1 N–H and O–H groups in total. The van der Waals surface area contributed by atoms with E-state index < -0.39 is 21.7 Å². The van der Waals surface area contributed by atoms with Crippen LogP contribution in [-0.4, -0.2) is 31.7 Å². The van der Waals surface area contributed by atoms with E-state index in [1.165, 1.54) is 40.7 Å². The molecule has 1 aliphatic heterocycles. The molecule has 0 aromatic heterocycles. The first-order chi connectivity index (χ1) is 11.9. The number of amides is 1. The molecule has 0 unspecified atom stereocenters. The van der Waals surface area contributed by atoms with Crippen LogP contribution in [0, 0.1) is 12.7 Å². The molecule has 0 saturated carbocycles. The average Bonchev–Trinajstić information content (AvgIpc) is 3.13. The Bertz CT molecular complexity index is 906. The Morgan fingerprint density at radius 3 is 2.56 bits per heavy atom. The third-order valence-electron chi connectivity index (χ3n) is 4.25. The molecule has 2 aromatic rings. The van der Waals surface area contributed by atoms with Crippen LogP contribution >= 0.6 is 0 Å². The molecule has 1 aliphatic rings. The summed E-state index contributed by atoms with van der Waals surface area (Å²) in [6.45, 7) is 2.76. The normalized spacial score (nSPS) is 15.3. The second-order valence-electron chi connectivity index (χ2n) is 6.05. The van der Waals surface area contributed by atoms with Crippen LogP contribution in [0.25, 0.3) is 0 Å². The molecule has 2 aromatic carbocycles. The number of carbonyl (C=O) groups excluding carboxylic acids is 1. The first kappa shape index (κ1) is 17.6. The summed E-state index contributed by atoms with van der Waals surface area (Å²) in [5.41, 5.74) is 1.29. The van der Waals surface area contributed by atoms with Gasteiger partial charge in [-0.1, -0.05) is 12.1 Å². The third kappa shape index (κ3) is 3.72. The van der Waals surface area contributed by atoms with Gasteiger partial charge in [-0.15, -0.1) is 0 Å². The number of carbonyl (C=O) groups is 1. The Labute approximate surface area is 146 Å². The number of nitrogens with zero attached hydrogens (tertiary/aromatic N) is 1. The van der Waals surface area contributed by atoms with E-state index in [1.54, 1.807) is 13.0 Å². The predicted octanol–water partition coefficient (Wildman–Crippen LogP) is 3.17. The van der Waals surface area contributed by atoms with E-state index in [0.717, 1.165) is 18.4 Å². The fourth-order valence-corrected chi connectivity index (χ4v) is 4.36. The van der Waals surface area contributed by atoms with Gasteiger partial charge in [-0.2, -0.15) is 4.31 Å². The Morgan fingerprint density at radius 1 is 1.12 bits per heavy atom. The average molecular weight is 362 g/mol. The molecule has 0 radical (unpaired) electrons. The smallest absolute Gasteiger partial charge is 0.255 e. The van der Waals surface area contributed by atoms with Crippen LogP contribution in [0.3, 0.4) is 0 Å². The van der Waals surface area contributed by atoms with Gasteiger partial charge in [0.05, 0.1) is 4.90 Å². The fourth-order valence-electron chi connectivity index (χ4n) is 2.80. The lowest BCUT2D eigenvalue weighted by molar-refractivity contribution is 0.102. The molecule has 0 spiro atoms. The minimum absolute atomic E-state index is 0.0954. The lowest BCUT2D eigenvalue weighted by Crippen LogP contribution is -2.28. The monoisotopic (exact) mass is 362 g/mol. The standard InChI is InChI=1S/C18H19FN2O3S/c1-13-7-8-15(19)12-17(13)20-18(22)14-5-4-6-16(11-14)25(23,24)21-9-2-3-10-21/h4-8,11-12H,2-3,9-10H2,1H3,(H,20,22). The summed E-state index contributed by atoms with van der Waals surface area (Å²) >= 11 is 0. The SMILES string of the molecule is Cc1ccc(F)cc1NC(=O)c1cccc(S(=O)(=O)N2CCCC2)c1. The van der Waals surface area contributed by atoms with Crippen molar-refractivity contribution in [3.05, 3.63) is 59.4 Å². The minimum atomic E-state index is -3.59. The van der Waals surface area contributed by atoms with Gasteiger partial charge in [0.2, 0.25) is 10.0 Å². The maximum absolute atomic E-state index is 13.4. The summed E-state index contributed by atoms with van der Waals surface area (Å²) in [5, 5.41) is 2.63. The summed E-state index contributed by atoms with van der Waals surface area (Å²) in [4.78, 5) is 12.5. The summed E-state index contributed by atoms with van der Waals surface area (Å²) in [7, 11) is -3.59. The molecular formula is C18H19FN2O3S. The topological polar surface area (TPSA) is 66.5 Å². The van der Waals surface area contributed by atoms with E-state index in [4.69, 9.17) is 0 Å². The maximum atomic E-state index is 13.4. The number of hydrogen-bond acceptors (Lipinski definition) is 3. The van der Waals surface area contributed by atoms with Gasteiger partial charge < -0.3 is 5.32 Å². The van der Waals surface area contributed by atoms with Crippen molar-refractivity contribution in [2.75, 3.05) is 18.4 Å². The van der Waals surface area contributed by atoms with E-state index in [1.807, 2.05) is 0 Å². The second kappa shape index (κ2) is 6.93. The van der Waals surface area contributed by atoms with Crippen LogP contribution in [0.1, 0.15) is 28.8 Å². The van der Waals surface area contributed by atoms with Crippen molar-refractivity contribution < 1.29 is 17.6 Å². The van der Waals surface area contributed by atoms with Crippen LogP contribution < -0.4 is 5.32 Å². The van der Waals surface area contributed by atoms with Gasteiger partial charge in [0.1, 0.15) is 5.82 Å². The Kier molecular flexibility index (Phi) is 4.87. The van der Waals surface area contributed by atoms with Crippen LogP contribution in [0.5, 0.6) is 0 Å². The molecule has 0 bridgehead atoms. The highest BCUT2D eigenvalue weighted by atomic mass is 32.2. The van der Waals surface area contributed by atoms with Crippen LogP contribution in [0.4, 0.5) is 10.1 Å². The minimum Gasteiger partial charge on any atom is -0.322 e. The predicted molar refractivity (Wildman–Crippen MR) is 93.5 cm³/mol. The lowest BCUT2D eigenvalue weighted by Gasteiger charge is -2.16. The van der Waals surface area contributed by atoms with Crippen LogP contribution in [0.15, 0.2) is 47.4 Å². The highest BCUT2D eigenvalue weighted by Gasteiger charge is 2.27. The molecule has 132 valence electrons. The molecule has 1 fully saturated rings. The molecule has 7 heteroatoms. The van der Waals surface area contributed by atoms with Gasteiger partial charge in [0.15, 0.2) is 0 Å². The van der Waals surface area contributed by atoms with Crippen molar-refractivity contribution in [2.24, 2.45) is 0 Å². The van der Waals surface area contributed by atoms with Crippen molar-refractivity contribution in [3.63, 3.8) is 0 Å². The van der Waals surface area contributed by atoms with Crippen LogP contribution in [0.2, 0.25) is 0 Å². The highest BCUT2D eigenvalue weighted by molar-refractivity contribution is 7.89. The molecule has 1 heterocycles. The molecule has 5 nitrogen and oxygen atoms in total. The first-order valence-corrected chi connectivity index (χ1v) is 9.50.